The van der Waals surface area contributed by atoms with Gasteiger partial charge in [-0.2, -0.15) is 0 Å². The third-order valence-corrected chi connectivity index (χ3v) is 3.68. The minimum atomic E-state index is -1.38. The fourth-order valence-corrected chi connectivity index (χ4v) is 2.39. The highest BCUT2D eigenvalue weighted by molar-refractivity contribution is 5.85. The molecule has 0 aromatic carbocycles. The van der Waals surface area contributed by atoms with Crippen LogP contribution in [0.4, 0.5) is 0 Å². The molecule has 0 radical (unpaired) electrons. The first-order chi connectivity index (χ1) is 12.2. The van der Waals surface area contributed by atoms with Gasteiger partial charge in [0.1, 0.15) is 11.6 Å². The zero-order valence-corrected chi connectivity index (χ0v) is 15.0. The second kappa shape index (κ2) is 10.3. The Labute approximate surface area is 150 Å². The lowest BCUT2D eigenvalue weighted by atomic mass is 9.95. The number of hydrogen-bond acceptors (Lipinski definition) is 8. The first-order valence-electron chi connectivity index (χ1n) is 8.17. The van der Waals surface area contributed by atoms with Gasteiger partial charge < -0.3 is 14.1 Å². The van der Waals surface area contributed by atoms with E-state index < -0.39 is 23.3 Å². The monoisotopic (exact) mass is 369 g/mol. The number of carbonyl (C=O) groups excluding carboxylic acids is 3. The molecule has 10 nitrogen and oxygen atoms in total. The number of ketones is 2. The normalized spacial score (nSPS) is 12.9. The summed E-state index contributed by atoms with van der Waals surface area (Å²) in [6, 6.07) is 0. The van der Waals surface area contributed by atoms with Crippen LogP contribution in [0.5, 0.6) is 0 Å². The average Bonchev–Trinajstić information content (AvgIpc) is 2.90. The maximum absolute atomic E-state index is 12.3. The predicted octanol–water partition coefficient (Wildman–Crippen LogP) is 1.39. The second-order valence-corrected chi connectivity index (χ2v) is 6.03. The Morgan fingerprint density at radius 3 is 2.58 bits per heavy atom. The maximum Gasteiger partial charge on any atom is 0.311 e. The highest BCUT2D eigenvalue weighted by Crippen LogP contribution is 2.17. The van der Waals surface area contributed by atoms with Crippen molar-refractivity contribution >= 4 is 17.5 Å². The van der Waals surface area contributed by atoms with Crippen molar-refractivity contribution in [2.45, 2.75) is 52.2 Å². The molecule has 0 saturated heterocycles. The summed E-state index contributed by atoms with van der Waals surface area (Å²) in [7, 11) is 1.75. The van der Waals surface area contributed by atoms with Crippen LogP contribution >= 0.6 is 0 Å². The van der Waals surface area contributed by atoms with Crippen LogP contribution in [-0.4, -0.2) is 38.5 Å². The summed E-state index contributed by atoms with van der Waals surface area (Å²) in [4.78, 5) is 53.8. The van der Waals surface area contributed by atoms with Crippen LogP contribution in [0.3, 0.4) is 0 Å². The van der Waals surface area contributed by atoms with Gasteiger partial charge in [-0.15, -0.1) is 10.1 Å². The van der Waals surface area contributed by atoms with Gasteiger partial charge in [0.2, 0.25) is 6.29 Å². The highest BCUT2D eigenvalue weighted by Gasteiger charge is 2.27. The van der Waals surface area contributed by atoms with E-state index in [-0.39, 0.29) is 30.8 Å². The molecule has 10 heteroatoms. The van der Waals surface area contributed by atoms with E-state index in [1.807, 2.05) is 0 Å². The lowest BCUT2D eigenvalue weighted by molar-refractivity contribution is -0.777. The van der Waals surface area contributed by atoms with Crippen LogP contribution in [0.2, 0.25) is 0 Å². The standard InChI is InChI=1S/C16H23N3O7/c1-11(20)5-4-6-15(21)8-13(7-14-9-17-10-18(14)3)16(22)25-12(2)26-19(23)24/h9-10,12-13H,4-8H2,1-3H3/t12?,13-/m1/s1. The lowest BCUT2D eigenvalue weighted by Crippen LogP contribution is -2.29. The van der Waals surface area contributed by atoms with Crippen molar-refractivity contribution in [2.24, 2.45) is 13.0 Å². The summed E-state index contributed by atoms with van der Waals surface area (Å²) < 4.78 is 6.62. The number of ether oxygens (including phenoxy) is 1. The molecule has 0 saturated carbocycles. The van der Waals surface area contributed by atoms with Crippen molar-refractivity contribution in [1.82, 2.24) is 9.55 Å². The quantitative estimate of drug-likeness (QED) is 0.234. The molecule has 1 unspecified atom stereocenters. The van der Waals surface area contributed by atoms with E-state index >= 15 is 0 Å². The summed E-state index contributed by atoms with van der Waals surface area (Å²) in [5.74, 6) is -1.78. The van der Waals surface area contributed by atoms with E-state index in [0.29, 0.717) is 18.5 Å². The number of esters is 1. The minimum Gasteiger partial charge on any atom is -0.435 e. The van der Waals surface area contributed by atoms with Crippen LogP contribution in [0.1, 0.15) is 45.2 Å². The smallest absolute Gasteiger partial charge is 0.311 e. The van der Waals surface area contributed by atoms with E-state index in [2.05, 4.69) is 9.82 Å². The predicted molar refractivity (Wildman–Crippen MR) is 88.2 cm³/mol. The summed E-state index contributed by atoms with van der Waals surface area (Å²) in [6.07, 6.45) is 2.75. The first kappa shape index (κ1) is 21.3. The highest BCUT2D eigenvalue weighted by atomic mass is 17.0. The Bertz CT molecular complexity index is 656. The second-order valence-electron chi connectivity index (χ2n) is 6.03. The molecule has 0 aliphatic rings. The van der Waals surface area contributed by atoms with Crippen LogP contribution in [0, 0.1) is 16.0 Å². The molecule has 2 atom stereocenters. The third kappa shape index (κ3) is 7.86. The van der Waals surface area contributed by atoms with Crippen molar-refractivity contribution in [2.75, 3.05) is 0 Å². The Morgan fingerprint density at radius 1 is 1.35 bits per heavy atom. The number of imidazole rings is 1. The third-order valence-electron chi connectivity index (χ3n) is 3.68. The maximum atomic E-state index is 12.3. The van der Waals surface area contributed by atoms with Gasteiger partial charge in [0.25, 0.3) is 5.09 Å². The van der Waals surface area contributed by atoms with Crippen LogP contribution < -0.4 is 0 Å². The van der Waals surface area contributed by atoms with Gasteiger partial charge in [-0.1, -0.05) is 0 Å². The summed E-state index contributed by atoms with van der Waals surface area (Å²) in [6.45, 7) is 2.67. The van der Waals surface area contributed by atoms with E-state index in [9.17, 15) is 24.5 Å². The molecule has 1 aromatic heterocycles. The van der Waals surface area contributed by atoms with Gasteiger partial charge in [-0.3, -0.25) is 14.4 Å². The SMILES string of the molecule is CC(=O)CCCC(=O)C[C@@H](Cc1cncn1C)C(=O)OC(C)O[N+](=O)[O-]. The number of Topliss-reactive ketones (excluding diaryl/α,β-unsaturated/α-hetero) is 2. The molecule has 26 heavy (non-hydrogen) atoms. The molecule has 0 aliphatic heterocycles. The van der Waals surface area contributed by atoms with Gasteiger partial charge >= 0.3 is 5.97 Å². The number of nitrogens with zero attached hydrogens (tertiary/aromatic N) is 3. The molecule has 0 amide bonds. The molecule has 144 valence electrons. The van der Waals surface area contributed by atoms with Gasteiger partial charge in [0.05, 0.1) is 12.2 Å². The molecule has 0 N–H and O–H groups in total. The summed E-state index contributed by atoms with van der Waals surface area (Å²) in [5.41, 5.74) is 0.714. The minimum absolute atomic E-state index is 0.00519. The fourth-order valence-electron chi connectivity index (χ4n) is 2.39. The Hall–Kier alpha value is -2.78. The summed E-state index contributed by atoms with van der Waals surface area (Å²) >= 11 is 0. The van der Waals surface area contributed by atoms with E-state index in [4.69, 9.17) is 4.74 Å². The lowest BCUT2D eigenvalue weighted by Gasteiger charge is -2.18. The molecule has 1 aromatic rings. The Kier molecular flexibility index (Phi) is 8.40. The number of hydrogen-bond donors (Lipinski definition) is 0. The molecule has 0 spiro atoms. The number of aromatic nitrogens is 2. The van der Waals surface area contributed by atoms with Crippen molar-refractivity contribution in [3.63, 3.8) is 0 Å². The number of carbonyl (C=O) groups is 3. The zero-order chi connectivity index (χ0) is 19.7. The Balaban J connectivity index is 2.73. The number of aryl methyl sites for hydroxylation is 1. The molecule has 1 heterocycles. The zero-order valence-electron chi connectivity index (χ0n) is 15.0. The van der Waals surface area contributed by atoms with Gasteiger partial charge in [0, 0.05) is 44.6 Å². The van der Waals surface area contributed by atoms with Gasteiger partial charge in [0.15, 0.2) is 0 Å². The topological polar surface area (TPSA) is 131 Å². The molecule has 1 rings (SSSR count). The van der Waals surface area contributed by atoms with Gasteiger partial charge in [-0.25, -0.2) is 4.98 Å². The largest absolute Gasteiger partial charge is 0.435 e. The molecular formula is C16H23N3O7. The fraction of sp³-hybridized carbons (Fsp3) is 0.625. The average molecular weight is 369 g/mol. The van der Waals surface area contributed by atoms with E-state index in [0.717, 1.165) is 0 Å². The van der Waals surface area contributed by atoms with Crippen molar-refractivity contribution in [1.29, 1.82) is 0 Å². The first-order valence-corrected chi connectivity index (χ1v) is 8.17. The van der Waals surface area contributed by atoms with Crippen LogP contribution in [0.15, 0.2) is 12.5 Å². The summed E-state index contributed by atoms with van der Waals surface area (Å²) in [5, 5.41) is 9.26. The van der Waals surface area contributed by atoms with Crippen molar-refractivity contribution < 1.29 is 29.0 Å². The molecular weight excluding hydrogens is 346 g/mol. The Morgan fingerprint density at radius 2 is 2.04 bits per heavy atom. The van der Waals surface area contributed by atoms with Crippen molar-refractivity contribution in [3.8, 4) is 0 Å². The molecule has 0 bridgehead atoms. The molecule has 0 fully saturated rings. The van der Waals surface area contributed by atoms with Crippen molar-refractivity contribution in [3.05, 3.63) is 28.3 Å². The van der Waals surface area contributed by atoms with Crippen LogP contribution in [-0.2, 0) is 37.4 Å². The number of rotatable bonds is 12. The van der Waals surface area contributed by atoms with Crippen LogP contribution in [0.25, 0.3) is 0 Å². The van der Waals surface area contributed by atoms with E-state index in [1.54, 1.807) is 24.1 Å². The van der Waals surface area contributed by atoms with Gasteiger partial charge in [-0.05, 0) is 20.3 Å². The van der Waals surface area contributed by atoms with E-state index in [1.165, 1.54) is 13.8 Å². The molecule has 0 aliphatic carbocycles.